The van der Waals surface area contributed by atoms with Crippen LogP contribution in [0.2, 0.25) is 5.02 Å². The molecule has 2 aliphatic heterocycles. The molecular weight excluding hydrogens is 404 g/mol. The van der Waals surface area contributed by atoms with Gasteiger partial charge in [0.1, 0.15) is 22.7 Å². The van der Waals surface area contributed by atoms with Crippen LogP contribution in [0.5, 0.6) is 11.5 Å². The zero-order chi connectivity index (χ0) is 20.9. The maximum atomic E-state index is 13.0. The summed E-state index contributed by atoms with van der Waals surface area (Å²) in [6.07, 6.45) is 3.23. The van der Waals surface area contributed by atoms with E-state index < -0.39 is 5.60 Å². The highest BCUT2D eigenvalue weighted by molar-refractivity contribution is 6.35. The van der Waals surface area contributed by atoms with Crippen LogP contribution in [0.3, 0.4) is 0 Å². The Bertz CT molecular complexity index is 1160. The molecule has 3 aromatic rings. The van der Waals surface area contributed by atoms with Crippen LogP contribution in [0.1, 0.15) is 40.0 Å². The van der Waals surface area contributed by atoms with Gasteiger partial charge in [-0.15, -0.1) is 0 Å². The SMILES string of the molecule is COc1cccc2c1C(=O)CC1(CCN(C(=O)c3ccc4[nH]cc(Cl)c4c3)CC1)O2. The molecule has 5 rings (SSSR count). The third kappa shape index (κ3) is 3.03. The zero-order valence-electron chi connectivity index (χ0n) is 16.5. The number of Topliss-reactive ketones (excluding diaryl/α,β-unsaturated/α-hetero) is 1. The van der Waals surface area contributed by atoms with E-state index in [2.05, 4.69) is 4.98 Å². The Kier molecular flexibility index (Phi) is 4.47. The van der Waals surface area contributed by atoms with Crippen molar-refractivity contribution in [2.75, 3.05) is 20.2 Å². The molecule has 7 heteroatoms. The third-order valence-corrected chi connectivity index (χ3v) is 6.45. The van der Waals surface area contributed by atoms with Gasteiger partial charge in [-0.25, -0.2) is 0 Å². The van der Waals surface area contributed by atoms with Crippen LogP contribution < -0.4 is 9.47 Å². The van der Waals surface area contributed by atoms with E-state index in [0.29, 0.717) is 60.0 Å². The van der Waals surface area contributed by atoms with Crippen molar-refractivity contribution in [1.29, 1.82) is 0 Å². The second-order valence-corrected chi connectivity index (χ2v) is 8.31. The molecule has 2 aromatic carbocycles. The topological polar surface area (TPSA) is 71.6 Å². The summed E-state index contributed by atoms with van der Waals surface area (Å²) < 4.78 is 11.6. The van der Waals surface area contributed by atoms with Crippen LogP contribution in [-0.4, -0.2) is 47.4 Å². The summed E-state index contributed by atoms with van der Waals surface area (Å²) in [5.74, 6) is 1.10. The second kappa shape index (κ2) is 7.06. The first-order valence-electron chi connectivity index (χ1n) is 9.95. The number of ether oxygens (including phenoxy) is 2. The Labute approximate surface area is 178 Å². The molecule has 2 aliphatic rings. The number of H-pyrrole nitrogens is 1. The van der Waals surface area contributed by atoms with Crippen molar-refractivity contribution in [2.45, 2.75) is 24.9 Å². The number of hydrogen-bond donors (Lipinski definition) is 1. The van der Waals surface area contributed by atoms with Crippen molar-refractivity contribution in [3.63, 3.8) is 0 Å². The van der Waals surface area contributed by atoms with Crippen molar-refractivity contribution >= 4 is 34.2 Å². The van der Waals surface area contributed by atoms with E-state index in [1.54, 1.807) is 19.4 Å². The van der Waals surface area contributed by atoms with Gasteiger partial charge in [-0.1, -0.05) is 17.7 Å². The van der Waals surface area contributed by atoms with Gasteiger partial charge in [0.25, 0.3) is 5.91 Å². The molecule has 0 unspecified atom stereocenters. The minimum atomic E-state index is -0.568. The molecule has 1 saturated heterocycles. The third-order valence-electron chi connectivity index (χ3n) is 6.14. The van der Waals surface area contributed by atoms with E-state index in [0.717, 1.165) is 10.9 Å². The fourth-order valence-electron chi connectivity index (χ4n) is 4.49. The largest absolute Gasteiger partial charge is 0.496 e. The summed E-state index contributed by atoms with van der Waals surface area (Å²) in [6, 6.07) is 10.9. The number of ketones is 1. The molecule has 154 valence electrons. The summed E-state index contributed by atoms with van der Waals surface area (Å²) in [5.41, 5.74) is 1.45. The second-order valence-electron chi connectivity index (χ2n) is 7.91. The van der Waals surface area contributed by atoms with Gasteiger partial charge in [-0.3, -0.25) is 9.59 Å². The molecule has 1 amide bonds. The average Bonchev–Trinajstić information content (AvgIpc) is 3.13. The Hall–Kier alpha value is -2.99. The number of rotatable bonds is 2. The van der Waals surface area contributed by atoms with E-state index in [-0.39, 0.29) is 11.7 Å². The first kappa shape index (κ1) is 19.0. The molecule has 0 radical (unpaired) electrons. The lowest BCUT2D eigenvalue weighted by atomic mass is 9.82. The summed E-state index contributed by atoms with van der Waals surface area (Å²) >= 11 is 6.20. The number of amides is 1. The van der Waals surface area contributed by atoms with Crippen LogP contribution in [-0.2, 0) is 0 Å². The number of nitrogens with one attached hydrogen (secondary N) is 1. The molecule has 0 saturated carbocycles. The van der Waals surface area contributed by atoms with Gasteiger partial charge in [-0.2, -0.15) is 0 Å². The lowest BCUT2D eigenvalue weighted by molar-refractivity contribution is -0.00598. The summed E-state index contributed by atoms with van der Waals surface area (Å²) in [6.45, 7) is 1.06. The number of methoxy groups -OCH3 is 1. The first-order valence-corrected chi connectivity index (χ1v) is 10.3. The van der Waals surface area contributed by atoms with Gasteiger partial charge in [0.2, 0.25) is 0 Å². The summed E-state index contributed by atoms with van der Waals surface area (Å²) in [5, 5.41) is 1.43. The molecular formula is C23H21ClN2O4. The maximum Gasteiger partial charge on any atom is 0.253 e. The fourth-order valence-corrected chi connectivity index (χ4v) is 4.70. The Balaban J connectivity index is 1.34. The average molecular weight is 425 g/mol. The molecule has 0 bridgehead atoms. The molecule has 3 heterocycles. The number of aromatic amines is 1. The predicted molar refractivity (Wildman–Crippen MR) is 114 cm³/mol. The molecule has 0 atom stereocenters. The molecule has 1 spiro atoms. The number of fused-ring (bicyclic) bond motifs is 2. The predicted octanol–water partition coefficient (Wildman–Crippen LogP) is 4.47. The molecule has 6 nitrogen and oxygen atoms in total. The lowest BCUT2D eigenvalue weighted by Gasteiger charge is -2.44. The molecule has 1 fully saturated rings. The number of carbonyl (C=O) groups excluding carboxylic acids is 2. The number of halogens is 1. The van der Waals surface area contributed by atoms with E-state index in [1.807, 2.05) is 35.2 Å². The highest BCUT2D eigenvalue weighted by atomic mass is 35.5. The van der Waals surface area contributed by atoms with Crippen molar-refractivity contribution < 1.29 is 19.1 Å². The normalized spacial score (nSPS) is 17.7. The number of nitrogens with zero attached hydrogens (tertiary/aromatic N) is 1. The minimum Gasteiger partial charge on any atom is -0.496 e. The zero-order valence-corrected chi connectivity index (χ0v) is 17.3. The maximum absolute atomic E-state index is 13.0. The van der Waals surface area contributed by atoms with Crippen LogP contribution in [0, 0.1) is 0 Å². The Morgan fingerprint density at radius 2 is 2.03 bits per heavy atom. The van der Waals surface area contributed by atoms with Gasteiger partial charge < -0.3 is 19.4 Å². The van der Waals surface area contributed by atoms with E-state index in [4.69, 9.17) is 21.1 Å². The number of hydrogen-bond acceptors (Lipinski definition) is 4. The number of carbonyl (C=O) groups is 2. The number of benzene rings is 2. The number of piperidine rings is 1. The van der Waals surface area contributed by atoms with Gasteiger partial charge in [0.15, 0.2) is 5.78 Å². The van der Waals surface area contributed by atoms with Gasteiger partial charge in [0.05, 0.1) is 18.6 Å². The van der Waals surface area contributed by atoms with E-state index >= 15 is 0 Å². The number of aromatic nitrogens is 1. The summed E-state index contributed by atoms with van der Waals surface area (Å²) in [7, 11) is 1.55. The van der Waals surface area contributed by atoms with Crippen molar-refractivity contribution in [3.05, 3.63) is 58.7 Å². The van der Waals surface area contributed by atoms with Crippen LogP contribution in [0.15, 0.2) is 42.6 Å². The Morgan fingerprint density at radius 1 is 1.23 bits per heavy atom. The van der Waals surface area contributed by atoms with Gasteiger partial charge in [-0.05, 0) is 30.3 Å². The fraction of sp³-hybridized carbons (Fsp3) is 0.304. The quantitative estimate of drug-likeness (QED) is 0.658. The highest BCUT2D eigenvalue weighted by Gasteiger charge is 2.44. The highest BCUT2D eigenvalue weighted by Crippen LogP contribution is 2.42. The lowest BCUT2D eigenvalue weighted by Crippen LogP contribution is -2.52. The first-order chi connectivity index (χ1) is 14.5. The van der Waals surface area contributed by atoms with Crippen molar-refractivity contribution in [3.8, 4) is 11.5 Å². The monoisotopic (exact) mass is 424 g/mol. The van der Waals surface area contributed by atoms with Crippen LogP contribution in [0.4, 0.5) is 0 Å². The summed E-state index contributed by atoms with van der Waals surface area (Å²) in [4.78, 5) is 30.8. The molecule has 1 N–H and O–H groups in total. The molecule has 30 heavy (non-hydrogen) atoms. The van der Waals surface area contributed by atoms with Crippen molar-refractivity contribution in [2.24, 2.45) is 0 Å². The number of likely N-dealkylation sites (tertiary alicyclic amines) is 1. The molecule has 1 aromatic heterocycles. The smallest absolute Gasteiger partial charge is 0.253 e. The van der Waals surface area contributed by atoms with Crippen molar-refractivity contribution in [1.82, 2.24) is 9.88 Å². The standard InChI is InChI=1S/C23H21ClN2O4/c1-29-19-3-2-4-20-21(19)18(27)12-23(30-20)7-9-26(10-8-23)22(28)14-5-6-17-15(11-14)16(24)13-25-17/h2-6,11,13,25H,7-10,12H2,1H3. The van der Waals surface area contributed by atoms with Crippen LogP contribution in [0.25, 0.3) is 10.9 Å². The van der Waals surface area contributed by atoms with Gasteiger partial charge >= 0.3 is 0 Å². The van der Waals surface area contributed by atoms with Gasteiger partial charge in [0, 0.05) is 48.6 Å². The van der Waals surface area contributed by atoms with E-state index in [1.165, 1.54) is 0 Å². The van der Waals surface area contributed by atoms with E-state index in [9.17, 15) is 9.59 Å². The molecule has 0 aliphatic carbocycles. The minimum absolute atomic E-state index is 0.0287. The Morgan fingerprint density at radius 3 is 2.80 bits per heavy atom. The van der Waals surface area contributed by atoms with Crippen LogP contribution >= 0.6 is 11.6 Å².